The molecule has 16 heavy (non-hydrogen) atoms. The zero-order chi connectivity index (χ0) is 10.8. The van der Waals surface area contributed by atoms with Crippen LogP contribution in [0.5, 0.6) is 0 Å². The molecule has 0 heteroatoms. The molecule has 0 saturated heterocycles. The van der Waals surface area contributed by atoms with Gasteiger partial charge in [-0.3, -0.25) is 0 Å². The van der Waals surface area contributed by atoms with Crippen LogP contribution in [0.4, 0.5) is 0 Å². The highest BCUT2D eigenvalue weighted by molar-refractivity contribution is 5.03. The van der Waals surface area contributed by atoms with Gasteiger partial charge >= 0.3 is 0 Å². The molecular weight excluding hydrogens is 192 g/mol. The third kappa shape index (κ3) is 1.87. The molecule has 0 atom stereocenters. The summed E-state index contributed by atoms with van der Waals surface area (Å²) in [6.45, 7) is 0. The van der Waals surface area contributed by atoms with Gasteiger partial charge in [0.15, 0.2) is 0 Å². The Bertz CT molecular complexity index is 220. The van der Waals surface area contributed by atoms with E-state index in [0.717, 1.165) is 23.7 Å². The Hall–Kier alpha value is -0.520. The van der Waals surface area contributed by atoms with E-state index in [0.29, 0.717) is 0 Å². The third-order valence-corrected chi connectivity index (χ3v) is 5.20. The summed E-state index contributed by atoms with van der Waals surface area (Å²) >= 11 is 0. The molecule has 3 rings (SSSR count). The Balaban J connectivity index is 1.71. The topological polar surface area (TPSA) is 0 Å². The van der Waals surface area contributed by atoms with Crippen LogP contribution in [-0.2, 0) is 0 Å². The van der Waals surface area contributed by atoms with Gasteiger partial charge in [0.05, 0.1) is 0 Å². The van der Waals surface area contributed by atoms with Crippen molar-refractivity contribution >= 4 is 0 Å². The van der Waals surface area contributed by atoms with Crippen LogP contribution < -0.4 is 0 Å². The monoisotopic (exact) mass is 216 g/mol. The van der Waals surface area contributed by atoms with Crippen LogP contribution in [0, 0.1) is 23.7 Å². The second kappa shape index (κ2) is 4.77. The van der Waals surface area contributed by atoms with Crippen molar-refractivity contribution in [3.8, 4) is 0 Å². The normalized spacial score (nSPS) is 43.0. The molecule has 0 aliphatic heterocycles. The first kappa shape index (κ1) is 10.6. The van der Waals surface area contributed by atoms with Gasteiger partial charge < -0.3 is 0 Å². The van der Waals surface area contributed by atoms with E-state index in [-0.39, 0.29) is 0 Å². The van der Waals surface area contributed by atoms with E-state index < -0.39 is 0 Å². The Morgan fingerprint density at radius 2 is 0.688 bits per heavy atom. The van der Waals surface area contributed by atoms with Crippen LogP contribution in [0.1, 0.15) is 51.4 Å². The van der Waals surface area contributed by atoms with E-state index in [4.69, 9.17) is 0 Å². The lowest BCUT2D eigenvalue weighted by Gasteiger charge is -2.54. The van der Waals surface area contributed by atoms with Crippen LogP contribution in [0.15, 0.2) is 24.3 Å². The molecule has 1 saturated carbocycles. The molecule has 0 aromatic heterocycles. The summed E-state index contributed by atoms with van der Waals surface area (Å²) in [5.41, 5.74) is 0. The van der Waals surface area contributed by atoms with Gasteiger partial charge in [0, 0.05) is 0 Å². The molecule has 0 aromatic carbocycles. The Kier molecular flexibility index (Phi) is 3.17. The first-order chi connectivity index (χ1) is 7.97. The molecule has 0 spiro atoms. The third-order valence-electron chi connectivity index (χ3n) is 5.20. The van der Waals surface area contributed by atoms with Gasteiger partial charge in [-0.2, -0.15) is 0 Å². The van der Waals surface area contributed by atoms with Crippen LogP contribution >= 0.6 is 0 Å². The molecule has 0 amide bonds. The maximum Gasteiger partial charge on any atom is -0.0348 e. The molecule has 0 bridgehead atoms. The summed E-state index contributed by atoms with van der Waals surface area (Å²) in [5.74, 6) is 4.34. The fourth-order valence-corrected chi connectivity index (χ4v) is 4.46. The summed E-state index contributed by atoms with van der Waals surface area (Å²) in [7, 11) is 0. The second-order valence-corrected chi connectivity index (χ2v) is 5.91. The maximum atomic E-state index is 2.42. The van der Waals surface area contributed by atoms with Crippen molar-refractivity contribution in [3.05, 3.63) is 24.3 Å². The number of rotatable bonds is 0. The number of allylic oxidation sites excluding steroid dienone is 4. The van der Waals surface area contributed by atoms with Crippen LogP contribution in [0.3, 0.4) is 0 Å². The van der Waals surface area contributed by atoms with Gasteiger partial charge in [0.1, 0.15) is 0 Å². The summed E-state index contributed by atoms with van der Waals surface area (Å²) in [6, 6.07) is 0. The van der Waals surface area contributed by atoms with Crippen molar-refractivity contribution in [2.75, 3.05) is 0 Å². The van der Waals surface area contributed by atoms with E-state index in [1.165, 1.54) is 51.4 Å². The van der Waals surface area contributed by atoms with Crippen molar-refractivity contribution < 1.29 is 0 Å². The van der Waals surface area contributed by atoms with Crippen molar-refractivity contribution in [2.45, 2.75) is 51.4 Å². The van der Waals surface area contributed by atoms with Crippen molar-refractivity contribution in [1.29, 1.82) is 0 Å². The lowest BCUT2D eigenvalue weighted by atomic mass is 9.51. The highest BCUT2D eigenvalue weighted by Crippen LogP contribution is 2.55. The van der Waals surface area contributed by atoms with Crippen molar-refractivity contribution in [2.24, 2.45) is 23.7 Å². The molecule has 1 fully saturated rings. The summed E-state index contributed by atoms with van der Waals surface area (Å²) in [4.78, 5) is 0. The van der Waals surface area contributed by atoms with E-state index in [9.17, 15) is 0 Å². The fourth-order valence-electron chi connectivity index (χ4n) is 4.46. The summed E-state index contributed by atoms with van der Waals surface area (Å²) in [5, 5.41) is 0. The molecule has 3 aliphatic carbocycles. The minimum absolute atomic E-state index is 1.08. The molecule has 0 aromatic rings. The van der Waals surface area contributed by atoms with Gasteiger partial charge in [-0.05, 0) is 75.0 Å². The lowest BCUT2D eigenvalue weighted by Crippen LogP contribution is -2.47. The fraction of sp³-hybridized carbons (Fsp3) is 0.750. The Morgan fingerprint density at radius 1 is 0.438 bits per heavy atom. The number of hydrogen-bond donors (Lipinski definition) is 0. The van der Waals surface area contributed by atoms with Crippen LogP contribution in [-0.4, -0.2) is 0 Å². The minimum atomic E-state index is 1.08. The molecule has 88 valence electrons. The van der Waals surface area contributed by atoms with Gasteiger partial charge in [0.2, 0.25) is 0 Å². The van der Waals surface area contributed by atoms with Gasteiger partial charge in [0.25, 0.3) is 0 Å². The van der Waals surface area contributed by atoms with Crippen molar-refractivity contribution in [1.82, 2.24) is 0 Å². The quantitative estimate of drug-likeness (QED) is 0.514. The Morgan fingerprint density at radius 3 is 0.938 bits per heavy atom. The number of fused-ring (bicyclic) bond motifs is 4. The molecular formula is C16H24. The molecule has 0 nitrogen and oxygen atoms in total. The largest absolute Gasteiger partial charge is 0.0885 e. The van der Waals surface area contributed by atoms with Gasteiger partial charge in [-0.15, -0.1) is 0 Å². The molecule has 3 aliphatic rings. The smallest absolute Gasteiger partial charge is 0.0348 e. The van der Waals surface area contributed by atoms with E-state index in [1.807, 2.05) is 0 Å². The zero-order valence-corrected chi connectivity index (χ0v) is 10.3. The standard InChI is InChI=1S/C16H24/c1-2-6-10-14-13(9-5-1)15-11-7-3-4-8-12-16(14)15/h1-4,13-16H,5-12H2. The zero-order valence-electron chi connectivity index (χ0n) is 10.3. The molecule has 0 radical (unpaired) electrons. The summed E-state index contributed by atoms with van der Waals surface area (Å²) < 4.78 is 0. The van der Waals surface area contributed by atoms with E-state index >= 15 is 0 Å². The van der Waals surface area contributed by atoms with Crippen molar-refractivity contribution in [3.63, 3.8) is 0 Å². The highest BCUT2D eigenvalue weighted by Gasteiger charge is 2.47. The SMILES string of the molecule is C1=CCCC2C(CC1)C1CCC=CCCC21. The highest BCUT2D eigenvalue weighted by atomic mass is 14.5. The predicted octanol–water partition coefficient (Wildman–Crippen LogP) is 4.73. The molecule has 0 heterocycles. The second-order valence-electron chi connectivity index (χ2n) is 5.91. The first-order valence-corrected chi connectivity index (χ1v) is 7.27. The molecule has 0 N–H and O–H groups in total. The average molecular weight is 216 g/mol. The first-order valence-electron chi connectivity index (χ1n) is 7.27. The van der Waals surface area contributed by atoms with E-state index in [2.05, 4.69) is 24.3 Å². The predicted molar refractivity (Wildman–Crippen MR) is 69.2 cm³/mol. The molecule has 0 unspecified atom stereocenters. The van der Waals surface area contributed by atoms with Crippen LogP contribution in [0.25, 0.3) is 0 Å². The lowest BCUT2D eigenvalue weighted by molar-refractivity contribution is -0.0434. The maximum absolute atomic E-state index is 2.42. The summed E-state index contributed by atoms with van der Waals surface area (Å²) in [6.07, 6.45) is 21.0. The van der Waals surface area contributed by atoms with Gasteiger partial charge in [-0.25, -0.2) is 0 Å². The number of hydrogen-bond acceptors (Lipinski definition) is 0. The minimum Gasteiger partial charge on any atom is -0.0885 e. The van der Waals surface area contributed by atoms with Crippen LogP contribution in [0.2, 0.25) is 0 Å². The van der Waals surface area contributed by atoms with E-state index in [1.54, 1.807) is 0 Å². The average Bonchev–Trinajstić information content (AvgIpc) is 2.23. The van der Waals surface area contributed by atoms with Gasteiger partial charge in [-0.1, -0.05) is 24.3 Å². The Labute approximate surface area is 99.8 Å².